The highest BCUT2D eigenvalue weighted by Gasteiger charge is 2.29. The summed E-state index contributed by atoms with van der Waals surface area (Å²) in [5.41, 5.74) is 1.13. The molecule has 0 bridgehead atoms. The van der Waals surface area contributed by atoms with Crippen LogP contribution in [0.2, 0.25) is 0 Å². The number of carbonyl (C=O) groups is 2. The zero-order chi connectivity index (χ0) is 17.0. The lowest BCUT2D eigenvalue weighted by Gasteiger charge is -2.29. The Morgan fingerprint density at radius 3 is 2.30 bits per heavy atom. The number of halogens is 1. The van der Waals surface area contributed by atoms with Crippen molar-refractivity contribution in [2.75, 3.05) is 4.90 Å². The molecule has 0 saturated carbocycles. The van der Waals surface area contributed by atoms with E-state index in [1.165, 1.54) is 11.0 Å². The second-order valence-corrected chi connectivity index (χ2v) is 5.44. The van der Waals surface area contributed by atoms with E-state index in [1.807, 2.05) is 6.07 Å². The number of nitrogens with zero attached hydrogens (tertiary/aromatic N) is 1. The van der Waals surface area contributed by atoms with Crippen LogP contribution >= 0.6 is 0 Å². The molecule has 0 spiro atoms. The Morgan fingerprint density at radius 1 is 1.09 bits per heavy atom. The molecular weight excluding hydrogens is 293 g/mol. The number of aryl methyl sites for hydroxylation is 1. The number of carbonyl (C=O) groups excluding carboxylic acids is 2. The highest BCUT2D eigenvalue weighted by atomic mass is 19.1. The van der Waals surface area contributed by atoms with Crippen LogP contribution in [0.15, 0.2) is 48.5 Å². The van der Waals surface area contributed by atoms with Crippen molar-refractivity contribution in [1.29, 1.82) is 0 Å². The largest absolute Gasteiger partial charge is 0.298 e. The highest BCUT2D eigenvalue weighted by Crippen LogP contribution is 2.23. The number of anilines is 1. The Bertz CT molecular complexity index is 692. The molecule has 0 fully saturated rings. The molecule has 0 N–H and O–H groups in total. The van der Waals surface area contributed by atoms with Gasteiger partial charge in [0.25, 0.3) is 5.91 Å². The number of Topliss-reactive ketones (excluding diaryl/α,β-unsaturated/α-hetero) is 1. The number of para-hydroxylation sites is 1. The minimum absolute atomic E-state index is 0.00658. The predicted molar refractivity (Wildman–Crippen MR) is 89.1 cm³/mol. The summed E-state index contributed by atoms with van der Waals surface area (Å²) in [5.74, 6) is -1.15. The van der Waals surface area contributed by atoms with E-state index in [-0.39, 0.29) is 11.3 Å². The van der Waals surface area contributed by atoms with Crippen LogP contribution in [0.3, 0.4) is 0 Å². The lowest BCUT2D eigenvalue weighted by molar-refractivity contribution is -0.119. The van der Waals surface area contributed by atoms with Gasteiger partial charge in [0.2, 0.25) is 0 Å². The van der Waals surface area contributed by atoms with Crippen LogP contribution in [0.25, 0.3) is 0 Å². The molecule has 0 aliphatic carbocycles. The van der Waals surface area contributed by atoms with E-state index < -0.39 is 17.8 Å². The third-order valence-electron chi connectivity index (χ3n) is 3.89. The van der Waals surface area contributed by atoms with Crippen molar-refractivity contribution in [2.24, 2.45) is 0 Å². The molecule has 120 valence electrons. The van der Waals surface area contributed by atoms with Crippen molar-refractivity contribution >= 4 is 17.4 Å². The average molecular weight is 313 g/mol. The van der Waals surface area contributed by atoms with Gasteiger partial charge in [-0.1, -0.05) is 37.3 Å². The molecule has 1 unspecified atom stereocenters. The van der Waals surface area contributed by atoms with Gasteiger partial charge in [0.15, 0.2) is 5.78 Å². The minimum Gasteiger partial charge on any atom is -0.298 e. The summed E-state index contributed by atoms with van der Waals surface area (Å²) in [5, 5.41) is 0. The normalized spacial score (nSPS) is 11.8. The molecule has 0 aliphatic rings. The molecule has 0 radical (unpaired) electrons. The van der Waals surface area contributed by atoms with Gasteiger partial charge < -0.3 is 0 Å². The van der Waals surface area contributed by atoms with E-state index in [0.717, 1.165) is 0 Å². The lowest BCUT2D eigenvalue weighted by Crippen LogP contribution is -2.44. The van der Waals surface area contributed by atoms with Gasteiger partial charge in [-0.05, 0) is 37.6 Å². The van der Waals surface area contributed by atoms with Crippen molar-refractivity contribution in [3.63, 3.8) is 0 Å². The number of benzene rings is 2. The summed E-state index contributed by atoms with van der Waals surface area (Å²) in [6.45, 7) is 5.11. The average Bonchev–Trinajstić information content (AvgIpc) is 2.55. The van der Waals surface area contributed by atoms with Gasteiger partial charge in [-0.25, -0.2) is 4.39 Å². The molecule has 2 aromatic carbocycles. The van der Waals surface area contributed by atoms with E-state index in [2.05, 4.69) is 0 Å². The fourth-order valence-corrected chi connectivity index (χ4v) is 2.57. The summed E-state index contributed by atoms with van der Waals surface area (Å²) in [4.78, 5) is 26.5. The van der Waals surface area contributed by atoms with E-state index in [0.29, 0.717) is 17.7 Å². The predicted octanol–water partition coefficient (Wildman–Crippen LogP) is 4.15. The van der Waals surface area contributed by atoms with Crippen molar-refractivity contribution in [2.45, 2.75) is 33.2 Å². The number of hydrogen-bond donors (Lipinski definition) is 0. The fraction of sp³-hybridized carbons (Fsp3) is 0.263. The first-order chi connectivity index (χ1) is 11.0. The Balaban J connectivity index is 2.54. The molecule has 0 aromatic heterocycles. The molecular formula is C19H20FNO2. The minimum atomic E-state index is -0.658. The van der Waals surface area contributed by atoms with Crippen LogP contribution in [-0.4, -0.2) is 17.7 Å². The Morgan fingerprint density at radius 2 is 1.74 bits per heavy atom. The molecule has 2 aromatic rings. The summed E-state index contributed by atoms with van der Waals surface area (Å²) in [6.07, 6.45) is 0.314. The number of ketones is 1. The summed E-state index contributed by atoms with van der Waals surface area (Å²) < 4.78 is 14.2. The van der Waals surface area contributed by atoms with Crippen LogP contribution in [0.1, 0.15) is 36.2 Å². The second-order valence-electron chi connectivity index (χ2n) is 5.44. The summed E-state index contributed by atoms with van der Waals surface area (Å²) in [6, 6.07) is 12.7. The van der Waals surface area contributed by atoms with Gasteiger partial charge in [-0.2, -0.15) is 0 Å². The van der Waals surface area contributed by atoms with Gasteiger partial charge >= 0.3 is 0 Å². The van der Waals surface area contributed by atoms with Crippen LogP contribution in [0.4, 0.5) is 10.1 Å². The quantitative estimate of drug-likeness (QED) is 0.831. The van der Waals surface area contributed by atoms with Gasteiger partial charge in [-0.3, -0.25) is 14.5 Å². The topological polar surface area (TPSA) is 37.4 Å². The monoisotopic (exact) mass is 313 g/mol. The first kappa shape index (κ1) is 16.9. The molecule has 2 rings (SSSR count). The maximum Gasteiger partial charge on any atom is 0.262 e. The Kier molecular flexibility index (Phi) is 5.27. The summed E-state index contributed by atoms with van der Waals surface area (Å²) >= 11 is 0. The first-order valence-corrected chi connectivity index (χ1v) is 7.63. The Hall–Kier alpha value is -2.49. The maximum absolute atomic E-state index is 14.2. The maximum atomic E-state index is 14.2. The van der Waals surface area contributed by atoms with E-state index in [4.69, 9.17) is 0 Å². The standard InChI is InChI=1S/C19H20FNO2/c1-4-17(22)14(3)21(15-10-6-5-7-11-15)19(23)18-13(2)9-8-12-16(18)20/h5-12,14H,4H2,1-3H3. The summed E-state index contributed by atoms with van der Waals surface area (Å²) in [7, 11) is 0. The molecule has 0 heterocycles. The Labute approximate surface area is 135 Å². The van der Waals surface area contributed by atoms with Gasteiger partial charge in [-0.15, -0.1) is 0 Å². The van der Waals surface area contributed by atoms with E-state index in [9.17, 15) is 14.0 Å². The van der Waals surface area contributed by atoms with Gasteiger partial charge in [0.1, 0.15) is 5.82 Å². The number of amides is 1. The van der Waals surface area contributed by atoms with Gasteiger partial charge in [0.05, 0.1) is 11.6 Å². The van der Waals surface area contributed by atoms with Gasteiger partial charge in [0, 0.05) is 12.1 Å². The van der Waals surface area contributed by atoms with Crippen molar-refractivity contribution in [1.82, 2.24) is 0 Å². The van der Waals surface area contributed by atoms with E-state index in [1.54, 1.807) is 57.2 Å². The van der Waals surface area contributed by atoms with E-state index >= 15 is 0 Å². The van der Waals surface area contributed by atoms with Crippen LogP contribution in [0.5, 0.6) is 0 Å². The highest BCUT2D eigenvalue weighted by molar-refractivity contribution is 6.10. The molecule has 0 aliphatic heterocycles. The second kappa shape index (κ2) is 7.18. The molecule has 23 heavy (non-hydrogen) atoms. The van der Waals surface area contributed by atoms with Crippen LogP contribution in [0, 0.1) is 12.7 Å². The molecule has 1 atom stereocenters. The molecule has 0 saturated heterocycles. The van der Waals surface area contributed by atoms with Crippen molar-refractivity contribution in [3.8, 4) is 0 Å². The van der Waals surface area contributed by atoms with Crippen molar-refractivity contribution in [3.05, 3.63) is 65.5 Å². The van der Waals surface area contributed by atoms with Crippen LogP contribution < -0.4 is 4.90 Å². The molecule has 1 amide bonds. The molecule has 3 nitrogen and oxygen atoms in total. The third kappa shape index (κ3) is 3.47. The zero-order valence-corrected chi connectivity index (χ0v) is 13.5. The SMILES string of the molecule is CCC(=O)C(C)N(C(=O)c1c(C)cccc1F)c1ccccc1. The van der Waals surface area contributed by atoms with Crippen molar-refractivity contribution < 1.29 is 14.0 Å². The third-order valence-corrected chi connectivity index (χ3v) is 3.89. The fourth-order valence-electron chi connectivity index (χ4n) is 2.57. The van der Waals surface area contributed by atoms with Crippen LogP contribution in [-0.2, 0) is 4.79 Å². The molecule has 4 heteroatoms. The number of rotatable bonds is 5. The first-order valence-electron chi connectivity index (χ1n) is 7.63. The lowest BCUT2D eigenvalue weighted by atomic mass is 10.0. The smallest absolute Gasteiger partial charge is 0.262 e. The zero-order valence-electron chi connectivity index (χ0n) is 13.5. The number of hydrogen-bond acceptors (Lipinski definition) is 2.